The highest BCUT2D eigenvalue weighted by Gasteiger charge is 2.11. The van der Waals surface area contributed by atoms with Crippen LogP contribution in [-0.2, 0) is 4.79 Å². The minimum Gasteiger partial charge on any atom is -0.495 e. The molecule has 1 aromatic rings. The molecule has 0 saturated heterocycles. The zero-order valence-corrected chi connectivity index (χ0v) is 11.6. The highest BCUT2D eigenvalue weighted by Crippen LogP contribution is 2.28. The molecule has 0 bridgehead atoms. The Labute approximate surface area is 113 Å². The molecular formula is C14H22N2O3. The lowest BCUT2D eigenvalue weighted by Crippen LogP contribution is -2.32. The number of nitrogens with two attached hydrogens (primary N) is 1. The molecule has 0 fully saturated rings. The number of carbonyl (C=O) groups is 1. The maximum atomic E-state index is 10.6. The van der Waals surface area contributed by atoms with Crippen LogP contribution in [0, 0.1) is 0 Å². The molecular weight excluding hydrogens is 244 g/mol. The number of rotatable bonds is 7. The Morgan fingerprint density at radius 1 is 1.47 bits per heavy atom. The van der Waals surface area contributed by atoms with Gasteiger partial charge in [-0.25, -0.2) is 0 Å². The summed E-state index contributed by atoms with van der Waals surface area (Å²) in [5, 5.41) is 11.8. The number of anilines is 1. The zero-order chi connectivity index (χ0) is 14.4. The Kier molecular flexibility index (Phi) is 5.63. The first-order chi connectivity index (χ1) is 8.95. The number of hydrogen-bond acceptors (Lipinski definition) is 4. The van der Waals surface area contributed by atoms with Crippen molar-refractivity contribution in [2.45, 2.75) is 32.2 Å². The summed E-state index contributed by atoms with van der Waals surface area (Å²) in [6.45, 7) is 4.73. The van der Waals surface area contributed by atoms with E-state index in [1.54, 1.807) is 7.11 Å². The summed E-state index contributed by atoms with van der Waals surface area (Å²) < 4.78 is 5.33. The van der Waals surface area contributed by atoms with Crippen LogP contribution in [0.15, 0.2) is 18.2 Å². The van der Waals surface area contributed by atoms with E-state index in [9.17, 15) is 4.79 Å². The van der Waals surface area contributed by atoms with Gasteiger partial charge in [-0.15, -0.1) is 0 Å². The number of aliphatic carboxylic acids is 1. The van der Waals surface area contributed by atoms with Crippen molar-refractivity contribution in [3.63, 3.8) is 0 Å². The normalized spacial score (nSPS) is 12.3. The fraction of sp³-hybridized carbons (Fsp3) is 0.500. The molecule has 1 atom stereocenters. The van der Waals surface area contributed by atoms with Crippen LogP contribution in [0.4, 0.5) is 5.69 Å². The van der Waals surface area contributed by atoms with Crippen molar-refractivity contribution in [3.8, 4) is 5.75 Å². The van der Waals surface area contributed by atoms with Crippen LogP contribution in [0.5, 0.6) is 5.75 Å². The molecule has 0 heterocycles. The summed E-state index contributed by atoms with van der Waals surface area (Å²) in [5.41, 5.74) is 7.49. The van der Waals surface area contributed by atoms with Gasteiger partial charge in [0.15, 0.2) is 0 Å². The SMILES string of the molecule is COc1cc(C(C)C)ccc1NCCC(N)C(=O)O. The van der Waals surface area contributed by atoms with Crippen molar-refractivity contribution in [2.24, 2.45) is 5.73 Å². The number of carboxylic acids is 1. The monoisotopic (exact) mass is 266 g/mol. The molecule has 1 rings (SSSR count). The van der Waals surface area contributed by atoms with Gasteiger partial charge in [-0.3, -0.25) is 4.79 Å². The Morgan fingerprint density at radius 2 is 2.16 bits per heavy atom. The Hall–Kier alpha value is -1.75. The van der Waals surface area contributed by atoms with Gasteiger partial charge in [0.1, 0.15) is 11.8 Å². The maximum absolute atomic E-state index is 10.6. The molecule has 1 aromatic carbocycles. The second kappa shape index (κ2) is 6.99. The molecule has 0 saturated carbocycles. The third-order valence-corrected chi connectivity index (χ3v) is 2.98. The third-order valence-electron chi connectivity index (χ3n) is 2.98. The van der Waals surface area contributed by atoms with Crippen molar-refractivity contribution in [1.29, 1.82) is 0 Å². The Morgan fingerprint density at radius 3 is 2.68 bits per heavy atom. The van der Waals surface area contributed by atoms with Crippen LogP contribution in [-0.4, -0.2) is 30.8 Å². The molecule has 1 unspecified atom stereocenters. The molecule has 0 aromatic heterocycles. The summed E-state index contributed by atoms with van der Waals surface area (Å²) in [7, 11) is 1.62. The molecule has 5 nitrogen and oxygen atoms in total. The van der Waals surface area contributed by atoms with Crippen LogP contribution >= 0.6 is 0 Å². The van der Waals surface area contributed by atoms with E-state index in [1.165, 1.54) is 5.56 Å². The summed E-state index contributed by atoms with van der Waals surface area (Å²) in [4.78, 5) is 10.6. The number of methoxy groups -OCH3 is 1. The first-order valence-electron chi connectivity index (χ1n) is 6.36. The highest BCUT2D eigenvalue weighted by molar-refractivity contribution is 5.73. The number of hydrogen-bond donors (Lipinski definition) is 3. The number of benzene rings is 1. The minimum atomic E-state index is -0.982. The summed E-state index contributed by atoms with van der Waals surface area (Å²) in [6.07, 6.45) is 0.365. The van der Waals surface area contributed by atoms with Gasteiger partial charge in [0.25, 0.3) is 0 Å². The summed E-state index contributed by atoms with van der Waals surface area (Å²) in [6, 6.07) is 5.13. The van der Waals surface area contributed by atoms with E-state index in [0.717, 1.165) is 11.4 Å². The van der Waals surface area contributed by atoms with Crippen molar-refractivity contribution < 1.29 is 14.6 Å². The van der Waals surface area contributed by atoms with E-state index in [-0.39, 0.29) is 0 Å². The molecule has 5 heteroatoms. The van der Waals surface area contributed by atoms with E-state index < -0.39 is 12.0 Å². The Balaban J connectivity index is 2.65. The molecule has 0 aliphatic heterocycles. The third kappa shape index (κ3) is 4.44. The predicted molar refractivity (Wildman–Crippen MR) is 75.8 cm³/mol. The van der Waals surface area contributed by atoms with Crippen LogP contribution < -0.4 is 15.8 Å². The average Bonchev–Trinajstić information content (AvgIpc) is 2.38. The van der Waals surface area contributed by atoms with E-state index in [0.29, 0.717) is 18.9 Å². The molecule has 0 amide bonds. The molecule has 106 valence electrons. The lowest BCUT2D eigenvalue weighted by Gasteiger charge is -2.15. The van der Waals surface area contributed by atoms with E-state index in [4.69, 9.17) is 15.6 Å². The maximum Gasteiger partial charge on any atom is 0.320 e. The fourth-order valence-corrected chi connectivity index (χ4v) is 1.70. The average molecular weight is 266 g/mol. The molecule has 0 aliphatic carbocycles. The van der Waals surface area contributed by atoms with Crippen LogP contribution in [0.3, 0.4) is 0 Å². The van der Waals surface area contributed by atoms with Crippen LogP contribution in [0.2, 0.25) is 0 Å². The smallest absolute Gasteiger partial charge is 0.320 e. The van der Waals surface area contributed by atoms with Crippen molar-refractivity contribution in [2.75, 3.05) is 19.0 Å². The lowest BCUT2D eigenvalue weighted by molar-refractivity contribution is -0.138. The fourth-order valence-electron chi connectivity index (χ4n) is 1.70. The molecule has 0 radical (unpaired) electrons. The van der Waals surface area contributed by atoms with Crippen molar-refractivity contribution in [1.82, 2.24) is 0 Å². The van der Waals surface area contributed by atoms with Gasteiger partial charge in [-0.2, -0.15) is 0 Å². The lowest BCUT2D eigenvalue weighted by atomic mass is 10.0. The van der Waals surface area contributed by atoms with Gasteiger partial charge < -0.3 is 20.9 Å². The van der Waals surface area contributed by atoms with E-state index >= 15 is 0 Å². The van der Waals surface area contributed by atoms with Crippen molar-refractivity contribution in [3.05, 3.63) is 23.8 Å². The largest absolute Gasteiger partial charge is 0.495 e. The predicted octanol–water partition coefficient (Wildman–Crippen LogP) is 2.03. The van der Waals surface area contributed by atoms with Crippen LogP contribution in [0.25, 0.3) is 0 Å². The standard InChI is InChI=1S/C14H22N2O3/c1-9(2)10-4-5-12(13(8-10)19-3)16-7-6-11(15)14(17)18/h4-5,8-9,11,16H,6-7,15H2,1-3H3,(H,17,18). The first kappa shape index (κ1) is 15.3. The van der Waals surface area contributed by atoms with Gasteiger partial charge in [-0.05, 0) is 30.0 Å². The second-order valence-corrected chi connectivity index (χ2v) is 4.77. The highest BCUT2D eigenvalue weighted by atomic mass is 16.5. The van der Waals surface area contributed by atoms with E-state index in [1.807, 2.05) is 18.2 Å². The summed E-state index contributed by atoms with van der Waals surface area (Å²) >= 11 is 0. The number of carboxylic acid groups (broad SMARTS) is 1. The molecule has 0 aliphatic rings. The van der Waals surface area contributed by atoms with Crippen molar-refractivity contribution >= 4 is 11.7 Å². The first-order valence-corrected chi connectivity index (χ1v) is 6.36. The van der Waals surface area contributed by atoms with Crippen LogP contribution in [0.1, 0.15) is 31.7 Å². The van der Waals surface area contributed by atoms with Gasteiger partial charge in [0, 0.05) is 6.54 Å². The topological polar surface area (TPSA) is 84.6 Å². The van der Waals surface area contributed by atoms with Gasteiger partial charge in [0.05, 0.1) is 12.8 Å². The number of ether oxygens (including phenoxy) is 1. The Bertz CT molecular complexity index is 433. The number of nitrogens with one attached hydrogen (secondary N) is 1. The zero-order valence-electron chi connectivity index (χ0n) is 11.6. The van der Waals surface area contributed by atoms with Gasteiger partial charge in [-0.1, -0.05) is 19.9 Å². The second-order valence-electron chi connectivity index (χ2n) is 4.77. The van der Waals surface area contributed by atoms with Gasteiger partial charge in [0.2, 0.25) is 0 Å². The minimum absolute atomic E-state index is 0.365. The van der Waals surface area contributed by atoms with Gasteiger partial charge >= 0.3 is 5.97 Å². The summed E-state index contributed by atoms with van der Waals surface area (Å²) in [5.74, 6) is 0.211. The molecule has 0 spiro atoms. The molecule has 4 N–H and O–H groups in total. The quantitative estimate of drug-likeness (QED) is 0.703. The molecule has 19 heavy (non-hydrogen) atoms. The van der Waals surface area contributed by atoms with E-state index in [2.05, 4.69) is 19.2 Å².